The van der Waals surface area contributed by atoms with E-state index < -0.39 is 11.9 Å². The van der Waals surface area contributed by atoms with Crippen LogP contribution >= 0.6 is 31.9 Å². The maximum absolute atomic E-state index is 10.8. The van der Waals surface area contributed by atoms with Crippen LogP contribution in [-0.2, 0) is 19.1 Å². The average Bonchev–Trinajstić information content (AvgIpc) is 2.20. The molecule has 0 heterocycles. The van der Waals surface area contributed by atoms with Crippen LogP contribution in [0.25, 0.3) is 0 Å². The molecule has 0 rings (SSSR count). The van der Waals surface area contributed by atoms with Gasteiger partial charge in [-0.1, -0.05) is 31.9 Å². The quantitative estimate of drug-likeness (QED) is 0.420. The Balaban J connectivity index is 3.68. The first-order valence-corrected chi connectivity index (χ1v) is 6.08. The molecule has 0 atom stereocenters. The first-order valence-electron chi connectivity index (χ1n) is 3.84. The molecule has 0 N–H and O–H groups in total. The molecule has 0 spiro atoms. The molecule has 0 aliphatic carbocycles. The summed E-state index contributed by atoms with van der Waals surface area (Å²) < 4.78 is 9.31. The molecule has 0 saturated heterocycles. The van der Waals surface area contributed by atoms with Crippen LogP contribution in [0.2, 0.25) is 0 Å². The van der Waals surface area contributed by atoms with E-state index in [1.165, 1.54) is 0 Å². The summed E-state index contributed by atoms with van der Waals surface area (Å²) in [6, 6.07) is 0. The molecule has 0 radical (unpaired) electrons. The number of esters is 2. The highest BCUT2D eigenvalue weighted by Crippen LogP contribution is 1.88. The summed E-state index contributed by atoms with van der Waals surface area (Å²) in [4.78, 5) is 21.7. The van der Waals surface area contributed by atoms with E-state index in [4.69, 9.17) is 0 Å². The molecule has 0 aliphatic rings. The van der Waals surface area contributed by atoms with Gasteiger partial charge in [0.25, 0.3) is 0 Å². The van der Waals surface area contributed by atoms with Gasteiger partial charge in [0, 0.05) is 22.8 Å². The lowest BCUT2D eigenvalue weighted by atomic mass is 10.5. The lowest BCUT2D eigenvalue weighted by Gasteiger charge is -1.97. The third-order valence-corrected chi connectivity index (χ3v) is 1.65. The number of rotatable bonds is 6. The van der Waals surface area contributed by atoms with Gasteiger partial charge in [0.2, 0.25) is 0 Å². The molecule has 0 amide bonds. The summed E-state index contributed by atoms with van der Waals surface area (Å²) >= 11 is 6.19. The largest absolute Gasteiger partial charge is 0.462 e. The third kappa shape index (κ3) is 8.25. The van der Waals surface area contributed by atoms with Gasteiger partial charge in [-0.25, -0.2) is 9.59 Å². The third-order valence-electron chi connectivity index (χ3n) is 0.998. The standard InChI is InChI=1S/C8H10Br2O4/c9-3-5-13-7(11)1-2-8(12)14-6-4-10/h1-2H,3-6H2. The smallest absolute Gasteiger partial charge is 0.331 e. The van der Waals surface area contributed by atoms with Crippen LogP contribution in [0, 0.1) is 0 Å². The molecule has 0 aliphatic heterocycles. The van der Waals surface area contributed by atoms with Crippen LogP contribution in [0.3, 0.4) is 0 Å². The summed E-state index contributed by atoms with van der Waals surface area (Å²) in [5, 5.41) is 1.14. The second-order valence-corrected chi connectivity index (χ2v) is 3.63. The molecule has 0 fully saturated rings. The van der Waals surface area contributed by atoms with E-state index in [9.17, 15) is 9.59 Å². The van der Waals surface area contributed by atoms with Crippen molar-refractivity contribution in [2.75, 3.05) is 23.9 Å². The van der Waals surface area contributed by atoms with E-state index in [-0.39, 0.29) is 13.2 Å². The molecule has 0 bridgehead atoms. The first-order chi connectivity index (χ1) is 6.70. The minimum Gasteiger partial charge on any atom is -0.462 e. The Bertz CT molecular complexity index is 193. The van der Waals surface area contributed by atoms with Gasteiger partial charge < -0.3 is 9.47 Å². The summed E-state index contributed by atoms with van der Waals surface area (Å²) in [6.07, 6.45) is 2.08. The number of carbonyl (C=O) groups is 2. The Morgan fingerprint density at radius 3 is 1.57 bits per heavy atom. The van der Waals surface area contributed by atoms with Crippen molar-refractivity contribution < 1.29 is 19.1 Å². The molecular weight excluding hydrogens is 320 g/mol. The van der Waals surface area contributed by atoms with E-state index in [2.05, 4.69) is 41.3 Å². The van der Waals surface area contributed by atoms with E-state index in [0.717, 1.165) is 12.2 Å². The second-order valence-electron chi connectivity index (χ2n) is 2.05. The van der Waals surface area contributed by atoms with E-state index in [1.54, 1.807) is 0 Å². The van der Waals surface area contributed by atoms with Crippen LogP contribution in [0.4, 0.5) is 0 Å². The zero-order valence-electron chi connectivity index (χ0n) is 7.37. The number of hydrogen-bond donors (Lipinski definition) is 0. The molecule has 0 saturated carbocycles. The summed E-state index contributed by atoms with van der Waals surface area (Å²) in [7, 11) is 0. The van der Waals surface area contributed by atoms with E-state index >= 15 is 0 Å². The molecule has 4 nitrogen and oxygen atoms in total. The number of ether oxygens (including phenoxy) is 2. The van der Waals surface area contributed by atoms with Crippen molar-refractivity contribution >= 4 is 43.8 Å². The summed E-state index contributed by atoms with van der Waals surface area (Å²) in [5.74, 6) is -1.11. The van der Waals surface area contributed by atoms with Gasteiger partial charge in [0.1, 0.15) is 13.2 Å². The zero-order valence-corrected chi connectivity index (χ0v) is 10.5. The Morgan fingerprint density at radius 1 is 0.929 bits per heavy atom. The lowest BCUT2D eigenvalue weighted by molar-refractivity contribution is -0.139. The van der Waals surface area contributed by atoms with Crippen LogP contribution in [0.1, 0.15) is 0 Å². The van der Waals surface area contributed by atoms with Crippen molar-refractivity contribution in [3.8, 4) is 0 Å². The highest BCUT2D eigenvalue weighted by Gasteiger charge is 1.99. The van der Waals surface area contributed by atoms with Crippen molar-refractivity contribution in [2.24, 2.45) is 0 Å². The molecule has 14 heavy (non-hydrogen) atoms. The van der Waals surface area contributed by atoms with Crippen LogP contribution < -0.4 is 0 Å². The van der Waals surface area contributed by atoms with Gasteiger partial charge in [-0.3, -0.25) is 0 Å². The molecular formula is C8H10Br2O4. The number of hydrogen-bond acceptors (Lipinski definition) is 4. The Hall–Kier alpha value is -0.360. The first kappa shape index (κ1) is 13.6. The van der Waals surface area contributed by atoms with E-state index in [1.807, 2.05) is 0 Å². The fraction of sp³-hybridized carbons (Fsp3) is 0.500. The van der Waals surface area contributed by atoms with Gasteiger partial charge in [0.05, 0.1) is 0 Å². The predicted octanol–water partition coefficient (Wildman–Crippen LogP) is 1.42. The lowest BCUT2D eigenvalue weighted by Crippen LogP contribution is -2.06. The van der Waals surface area contributed by atoms with Crippen molar-refractivity contribution in [1.29, 1.82) is 0 Å². The Labute approximate surface area is 98.9 Å². The monoisotopic (exact) mass is 328 g/mol. The molecule has 80 valence electrons. The van der Waals surface area contributed by atoms with Crippen molar-refractivity contribution in [3.05, 3.63) is 12.2 Å². The number of halogens is 2. The normalized spacial score (nSPS) is 10.1. The van der Waals surface area contributed by atoms with Crippen molar-refractivity contribution in [1.82, 2.24) is 0 Å². The molecule has 0 aromatic rings. The average molecular weight is 330 g/mol. The second kappa shape index (κ2) is 9.21. The van der Waals surface area contributed by atoms with Crippen molar-refractivity contribution in [3.63, 3.8) is 0 Å². The van der Waals surface area contributed by atoms with Gasteiger partial charge in [-0.15, -0.1) is 0 Å². The van der Waals surface area contributed by atoms with Crippen LogP contribution in [0.15, 0.2) is 12.2 Å². The van der Waals surface area contributed by atoms with Gasteiger partial charge >= 0.3 is 11.9 Å². The number of carbonyl (C=O) groups excluding carboxylic acids is 2. The molecule has 0 unspecified atom stereocenters. The fourth-order valence-corrected chi connectivity index (χ4v) is 0.834. The number of alkyl halides is 2. The summed E-state index contributed by atoms with van der Waals surface area (Å²) in [6.45, 7) is 0.555. The molecule has 0 aromatic carbocycles. The predicted molar refractivity (Wildman–Crippen MR) is 58.6 cm³/mol. The minimum atomic E-state index is -0.555. The fourth-order valence-electron chi connectivity index (χ4n) is 0.511. The maximum atomic E-state index is 10.8. The highest BCUT2D eigenvalue weighted by molar-refractivity contribution is 9.09. The Kier molecular flexibility index (Phi) is 8.97. The maximum Gasteiger partial charge on any atom is 0.331 e. The minimum absolute atomic E-state index is 0.277. The molecule has 6 heteroatoms. The van der Waals surface area contributed by atoms with Crippen molar-refractivity contribution in [2.45, 2.75) is 0 Å². The molecule has 0 aromatic heterocycles. The van der Waals surface area contributed by atoms with Gasteiger partial charge in [-0.2, -0.15) is 0 Å². The SMILES string of the molecule is O=C(C=CC(=O)OCCBr)OCCBr. The van der Waals surface area contributed by atoms with Gasteiger partial charge in [-0.05, 0) is 0 Å². The Morgan fingerprint density at radius 2 is 1.29 bits per heavy atom. The van der Waals surface area contributed by atoms with Crippen LogP contribution in [-0.4, -0.2) is 35.8 Å². The van der Waals surface area contributed by atoms with Crippen LogP contribution in [0.5, 0.6) is 0 Å². The van der Waals surface area contributed by atoms with Gasteiger partial charge in [0.15, 0.2) is 0 Å². The zero-order chi connectivity index (χ0) is 10.8. The van der Waals surface area contributed by atoms with E-state index in [0.29, 0.717) is 10.7 Å². The highest BCUT2D eigenvalue weighted by atomic mass is 79.9. The summed E-state index contributed by atoms with van der Waals surface area (Å²) in [5.41, 5.74) is 0. The topological polar surface area (TPSA) is 52.6 Å².